The average molecular weight is 496 g/mol. The third-order valence-corrected chi connectivity index (χ3v) is 7.36. The molecule has 1 amide bonds. The summed E-state index contributed by atoms with van der Waals surface area (Å²) in [7, 11) is 0. The number of esters is 1. The van der Waals surface area contributed by atoms with Gasteiger partial charge in [0.1, 0.15) is 0 Å². The molecule has 2 aromatic rings. The zero-order valence-corrected chi connectivity index (χ0v) is 21.5. The van der Waals surface area contributed by atoms with Gasteiger partial charge >= 0.3 is 5.97 Å². The predicted molar refractivity (Wildman–Crippen MR) is 138 cm³/mol. The Hall–Kier alpha value is -2.84. The summed E-state index contributed by atoms with van der Waals surface area (Å²) in [5.74, 6) is -0.427. The number of carbonyl (C=O) groups excluding carboxylic acids is 2. The second-order valence-electron chi connectivity index (χ2n) is 8.62. The van der Waals surface area contributed by atoms with Crippen LogP contribution in [0.1, 0.15) is 49.2 Å². The number of hydrogen-bond acceptors (Lipinski definition) is 7. The maximum atomic E-state index is 13.2. The zero-order chi connectivity index (χ0) is 24.2. The summed E-state index contributed by atoms with van der Waals surface area (Å²) in [6.07, 6.45) is 0.783. The van der Waals surface area contributed by atoms with E-state index in [1.807, 2.05) is 67.6 Å². The fraction of sp³-hybridized carbons (Fsp3) is 0.346. The molecule has 8 heteroatoms. The van der Waals surface area contributed by atoms with Crippen LogP contribution in [0.4, 0.5) is 0 Å². The van der Waals surface area contributed by atoms with Gasteiger partial charge in [0.05, 0.1) is 29.8 Å². The standard InChI is InChI=1S/C26H29N3O3S2/c1-16(2)32-25(31)23-18(4)28-26-29(24(23)19-8-5-7-17(3)13-19)20(15-34-26)14-22(30)27-11-10-21-9-6-12-33-21/h5-9,12-13,15-16,24H,10-11,14H2,1-4H3,(H,27,30)/t24-/m1/s1. The number of fused-ring (bicyclic) bond motifs is 1. The van der Waals surface area contributed by atoms with Crippen molar-refractivity contribution in [2.24, 2.45) is 4.99 Å². The summed E-state index contributed by atoms with van der Waals surface area (Å²) in [6, 6.07) is 11.8. The van der Waals surface area contributed by atoms with Gasteiger partial charge in [0.2, 0.25) is 5.91 Å². The Morgan fingerprint density at radius 3 is 2.74 bits per heavy atom. The lowest BCUT2D eigenvalue weighted by Crippen LogP contribution is -2.38. The lowest BCUT2D eigenvalue weighted by molar-refractivity contribution is -0.143. The Morgan fingerprint density at radius 1 is 1.21 bits per heavy atom. The van der Waals surface area contributed by atoms with E-state index in [-0.39, 0.29) is 24.4 Å². The molecule has 178 valence electrons. The molecule has 34 heavy (non-hydrogen) atoms. The van der Waals surface area contributed by atoms with Gasteiger partial charge in [-0.1, -0.05) is 47.7 Å². The van der Waals surface area contributed by atoms with Crippen LogP contribution in [0.3, 0.4) is 0 Å². The van der Waals surface area contributed by atoms with Crippen LogP contribution in [-0.4, -0.2) is 34.6 Å². The van der Waals surface area contributed by atoms with Gasteiger partial charge in [0.15, 0.2) is 5.17 Å². The Morgan fingerprint density at radius 2 is 2.03 bits per heavy atom. The summed E-state index contributed by atoms with van der Waals surface area (Å²) in [4.78, 5) is 33.9. The van der Waals surface area contributed by atoms with Crippen LogP contribution >= 0.6 is 23.1 Å². The van der Waals surface area contributed by atoms with Crippen molar-refractivity contribution >= 4 is 40.1 Å². The van der Waals surface area contributed by atoms with Gasteiger partial charge in [-0.05, 0) is 56.5 Å². The first kappa shape index (κ1) is 24.3. The number of rotatable bonds is 8. The second kappa shape index (κ2) is 10.6. The molecular formula is C26H29N3O3S2. The number of nitrogens with zero attached hydrogens (tertiary/aromatic N) is 2. The molecule has 1 atom stereocenters. The molecule has 0 fully saturated rings. The van der Waals surface area contributed by atoms with Crippen LogP contribution in [0.15, 0.2) is 69.1 Å². The number of amidine groups is 1. The molecule has 1 aromatic heterocycles. The highest BCUT2D eigenvalue weighted by atomic mass is 32.2. The van der Waals surface area contributed by atoms with Crippen molar-refractivity contribution in [1.29, 1.82) is 0 Å². The molecule has 3 heterocycles. The molecule has 0 spiro atoms. The van der Waals surface area contributed by atoms with E-state index < -0.39 is 6.04 Å². The Labute approximate surface area is 208 Å². The van der Waals surface area contributed by atoms with Crippen molar-refractivity contribution in [1.82, 2.24) is 10.2 Å². The van der Waals surface area contributed by atoms with Crippen molar-refractivity contribution in [3.8, 4) is 0 Å². The van der Waals surface area contributed by atoms with Crippen LogP contribution in [0.2, 0.25) is 0 Å². The first-order valence-corrected chi connectivity index (χ1v) is 13.1. The molecule has 2 aliphatic heterocycles. The quantitative estimate of drug-likeness (QED) is 0.501. The molecule has 0 bridgehead atoms. The first-order valence-electron chi connectivity index (χ1n) is 11.3. The Kier molecular flexibility index (Phi) is 7.58. The highest BCUT2D eigenvalue weighted by Crippen LogP contribution is 2.45. The van der Waals surface area contributed by atoms with Gasteiger partial charge in [0.25, 0.3) is 0 Å². The summed E-state index contributed by atoms with van der Waals surface area (Å²) in [5.41, 5.74) is 4.04. The number of hydrogen-bond donors (Lipinski definition) is 1. The number of thioether (sulfide) groups is 1. The van der Waals surface area contributed by atoms with Gasteiger partial charge in [-0.3, -0.25) is 4.79 Å². The van der Waals surface area contributed by atoms with E-state index in [1.54, 1.807) is 11.3 Å². The van der Waals surface area contributed by atoms with Crippen LogP contribution in [0.25, 0.3) is 0 Å². The molecular weight excluding hydrogens is 466 g/mol. The van der Waals surface area contributed by atoms with Gasteiger partial charge in [0, 0.05) is 17.1 Å². The molecule has 0 saturated heterocycles. The number of allylic oxidation sites excluding steroid dienone is 1. The van der Waals surface area contributed by atoms with Crippen molar-refractivity contribution in [2.45, 2.75) is 52.7 Å². The van der Waals surface area contributed by atoms with Crippen molar-refractivity contribution < 1.29 is 14.3 Å². The topological polar surface area (TPSA) is 71.0 Å². The van der Waals surface area contributed by atoms with Crippen LogP contribution in [0.5, 0.6) is 0 Å². The molecule has 0 aliphatic carbocycles. The Bertz CT molecular complexity index is 1170. The second-order valence-corrected chi connectivity index (χ2v) is 10.5. The lowest BCUT2D eigenvalue weighted by Gasteiger charge is -2.36. The van der Waals surface area contributed by atoms with Crippen molar-refractivity contribution in [3.63, 3.8) is 0 Å². The molecule has 0 unspecified atom stereocenters. The highest BCUT2D eigenvalue weighted by molar-refractivity contribution is 8.16. The molecule has 0 radical (unpaired) electrons. The number of thiophene rings is 1. The first-order chi connectivity index (χ1) is 16.3. The minimum Gasteiger partial charge on any atom is -0.459 e. The molecule has 6 nitrogen and oxygen atoms in total. The van der Waals surface area contributed by atoms with Gasteiger partial charge < -0.3 is 15.0 Å². The monoisotopic (exact) mass is 495 g/mol. The molecule has 4 rings (SSSR count). The molecule has 1 N–H and O–H groups in total. The normalized spacial score (nSPS) is 17.4. The van der Waals surface area contributed by atoms with Crippen LogP contribution < -0.4 is 5.32 Å². The Balaban J connectivity index is 1.58. The van der Waals surface area contributed by atoms with Crippen molar-refractivity contribution in [2.75, 3.05) is 6.54 Å². The number of benzene rings is 1. The smallest absolute Gasteiger partial charge is 0.338 e. The number of carbonyl (C=O) groups is 2. The SMILES string of the molecule is CC1=C(C(=O)OC(C)C)[C@@H](c2cccc(C)c2)N2C(CC(=O)NCCc3cccs3)=CSC2=N1. The molecule has 2 aliphatic rings. The third kappa shape index (κ3) is 5.45. The minimum atomic E-state index is -0.404. The predicted octanol–water partition coefficient (Wildman–Crippen LogP) is 5.33. The van der Waals surface area contributed by atoms with Gasteiger partial charge in [-0.2, -0.15) is 0 Å². The highest BCUT2D eigenvalue weighted by Gasteiger charge is 2.41. The zero-order valence-electron chi connectivity index (χ0n) is 19.8. The van der Waals surface area contributed by atoms with E-state index in [1.165, 1.54) is 16.6 Å². The van der Waals surface area contributed by atoms with Gasteiger partial charge in [-0.15, -0.1) is 11.3 Å². The fourth-order valence-corrected chi connectivity index (χ4v) is 5.74. The summed E-state index contributed by atoms with van der Waals surface area (Å²) < 4.78 is 5.60. The summed E-state index contributed by atoms with van der Waals surface area (Å²) >= 11 is 3.17. The lowest BCUT2D eigenvalue weighted by atomic mass is 9.93. The summed E-state index contributed by atoms with van der Waals surface area (Å²) in [5, 5.41) is 7.80. The van der Waals surface area contributed by atoms with E-state index in [2.05, 4.69) is 17.4 Å². The van der Waals surface area contributed by atoms with Crippen LogP contribution in [-0.2, 0) is 20.7 Å². The van der Waals surface area contributed by atoms with E-state index in [0.717, 1.165) is 28.4 Å². The number of aliphatic imine (C=N–C) groups is 1. The number of aryl methyl sites for hydroxylation is 1. The average Bonchev–Trinajstić information content (AvgIpc) is 3.42. The van der Waals surface area contributed by atoms with E-state index in [4.69, 9.17) is 9.73 Å². The van der Waals surface area contributed by atoms with Gasteiger partial charge in [-0.25, -0.2) is 9.79 Å². The maximum Gasteiger partial charge on any atom is 0.338 e. The van der Waals surface area contributed by atoms with E-state index in [0.29, 0.717) is 17.8 Å². The summed E-state index contributed by atoms with van der Waals surface area (Å²) in [6.45, 7) is 8.14. The number of ether oxygens (including phenoxy) is 1. The maximum absolute atomic E-state index is 13.2. The molecule has 0 saturated carbocycles. The fourth-order valence-electron chi connectivity index (χ4n) is 4.07. The van der Waals surface area contributed by atoms with E-state index >= 15 is 0 Å². The van der Waals surface area contributed by atoms with Crippen LogP contribution in [0, 0.1) is 6.92 Å². The third-order valence-electron chi connectivity index (χ3n) is 5.54. The minimum absolute atomic E-state index is 0.0507. The number of amides is 1. The number of nitrogens with one attached hydrogen (secondary N) is 1. The van der Waals surface area contributed by atoms with E-state index in [9.17, 15) is 9.59 Å². The largest absolute Gasteiger partial charge is 0.459 e. The molecule has 1 aromatic carbocycles. The van der Waals surface area contributed by atoms with Crippen molar-refractivity contribution in [3.05, 3.63) is 80.2 Å².